The van der Waals surface area contributed by atoms with Crippen LogP contribution in [0.3, 0.4) is 0 Å². The van der Waals surface area contributed by atoms with Crippen LogP contribution in [-0.2, 0) is 6.42 Å². The summed E-state index contributed by atoms with van der Waals surface area (Å²) in [6, 6.07) is 3.94. The summed E-state index contributed by atoms with van der Waals surface area (Å²) >= 11 is 0. The second kappa shape index (κ2) is 6.84. The Morgan fingerprint density at radius 3 is 2.24 bits per heavy atom. The normalized spacial score (nSPS) is 19.1. The zero-order chi connectivity index (χ0) is 15.5. The van der Waals surface area contributed by atoms with Crippen LogP contribution in [0.1, 0.15) is 51.5 Å². The third-order valence-electron chi connectivity index (χ3n) is 4.82. The molecule has 0 radical (unpaired) electrons. The molecule has 2 rings (SSSR count). The SMILES string of the molecule is CC(C)CC1(C(Cc2c(F)cccc2F)NN)CCCC1. The van der Waals surface area contributed by atoms with E-state index in [1.54, 1.807) is 0 Å². The molecule has 0 bridgehead atoms. The van der Waals surface area contributed by atoms with Gasteiger partial charge in [-0.1, -0.05) is 32.8 Å². The average molecular weight is 296 g/mol. The zero-order valence-corrected chi connectivity index (χ0v) is 13.0. The van der Waals surface area contributed by atoms with Gasteiger partial charge in [0.2, 0.25) is 0 Å². The van der Waals surface area contributed by atoms with Crippen LogP contribution in [0.2, 0.25) is 0 Å². The Labute approximate surface area is 126 Å². The summed E-state index contributed by atoms with van der Waals surface area (Å²) in [5.74, 6) is 5.35. The van der Waals surface area contributed by atoms with Crippen LogP contribution in [-0.4, -0.2) is 6.04 Å². The molecule has 0 heterocycles. The minimum atomic E-state index is -0.479. The van der Waals surface area contributed by atoms with Crippen molar-refractivity contribution in [3.05, 3.63) is 35.4 Å². The summed E-state index contributed by atoms with van der Waals surface area (Å²) < 4.78 is 27.8. The highest BCUT2D eigenvalue weighted by molar-refractivity contribution is 5.21. The molecule has 1 unspecified atom stereocenters. The maximum atomic E-state index is 13.9. The van der Waals surface area contributed by atoms with Gasteiger partial charge in [0, 0.05) is 11.6 Å². The van der Waals surface area contributed by atoms with E-state index in [1.807, 2.05) is 0 Å². The zero-order valence-electron chi connectivity index (χ0n) is 13.0. The number of halogens is 2. The summed E-state index contributed by atoms with van der Waals surface area (Å²) in [7, 11) is 0. The average Bonchev–Trinajstić information content (AvgIpc) is 2.87. The quantitative estimate of drug-likeness (QED) is 0.616. The van der Waals surface area contributed by atoms with E-state index in [4.69, 9.17) is 5.84 Å². The predicted molar refractivity (Wildman–Crippen MR) is 81.5 cm³/mol. The second-order valence-electron chi connectivity index (χ2n) is 6.79. The number of rotatable bonds is 6. The third kappa shape index (κ3) is 3.61. The van der Waals surface area contributed by atoms with Crippen molar-refractivity contribution >= 4 is 0 Å². The van der Waals surface area contributed by atoms with E-state index in [0.29, 0.717) is 12.3 Å². The van der Waals surface area contributed by atoms with Gasteiger partial charge in [-0.05, 0) is 49.1 Å². The van der Waals surface area contributed by atoms with E-state index in [1.165, 1.54) is 31.0 Å². The van der Waals surface area contributed by atoms with Gasteiger partial charge >= 0.3 is 0 Å². The molecular weight excluding hydrogens is 270 g/mol. The van der Waals surface area contributed by atoms with Gasteiger partial charge in [0.25, 0.3) is 0 Å². The molecule has 118 valence electrons. The molecule has 0 spiro atoms. The van der Waals surface area contributed by atoms with Crippen molar-refractivity contribution in [2.24, 2.45) is 17.2 Å². The number of nitrogens with two attached hydrogens (primary N) is 1. The minimum Gasteiger partial charge on any atom is -0.271 e. The maximum absolute atomic E-state index is 13.9. The lowest BCUT2D eigenvalue weighted by molar-refractivity contribution is 0.153. The first kappa shape index (κ1) is 16.4. The molecular formula is C17H26F2N2. The number of hydrogen-bond acceptors (Lipinski definition) is 2. The van der Waals surface area contributed by atoms with Crippen LogP contribution in [0.5, 0.6) is 0 Å². The van der Waals surface area contributed by atoms with E-state index in [0.717, 1.165) is 19.3 Å². The van der Waals surface area contributed by atoms with E-state index in [2.05, 4.69) is 19.3 Å². The van der Waals surface area contributed by atoms with Crippen molar-refractivity contribution in [2.75, 3.05) is 0 Å². The minimum absolute atomic E-state index is 0.0532. The Morgan fingerprint density at radius 2 is 1.76 bits per heavy atom. The summed E-state index contributed by atoms with van der Waals surface area (Å²) in [6.07, 6.45) is 5.85. The Morgan fingerprint density at radius 1 is 1.19 bits per heavy atom. The van der Waals surface area contributed by atoms with Crippen LogP contribution in [0.25, 0.3) is 0 Å². The van der Waals surface area contributed by atoms with Crippen molar-refractivity contribution in [3.8, 4) is 0 Å². The van der Waals surface area contributed by atoms with E-state index in [-0.39, 0.29) is 17.0 Å². The third-order valence-corrected chi connectivity index (χ3v) is 4.82. The summed E-state index contributed by atoms with van der Waals surface area (Å²) in [4.78, 5) is 0. The van der Waals surface area contributed by atoms with E-state index >= 15 is 0 Å². The molecule has 0 aliphatic heterocycles. The highest BCUT2D eigenvalue weighted by Crippen LogP contribution is 2.46. The Balaban J connectivity index is 2.25. The van der Waals surface area contributed by atoms with E-state index < -0.39 is 11.6 Å². The molecule has 0 saturated heterocycles. The van der Waals surface area contributed by atoms with Gasteiger partial charge in [-0.2, -0.15) is 0 Å². The molecule has 1 saturated carbocycles. The predicted octanol–water partition coefficient (Wildman–Crippen LogP) is 3.95. The van der Waals surface area contributed by atoms with Crippen molar-refractivity contribution < 1.29 is 8.78 Å². The Hall–Kier alpha value is -1.00. The molecule has 1 atom stereocenters. The fraction of sp³-hybridized carbons (Fsp3) is 0.647. The smallest absolute Gasteiger partial charge is 0.129 e. The highest BCUT2D eigenvalue weighted by Gasteiger charge is 2.41. The Kier molecular flexibility index (Phi) is 5.33. The molecule has 3 N–H and O–H groups in total. The molecule has 2 nitrogen and oxygen atoms in total. The van der Waals surface area contributed by atoms with Crippen LogP contribution < -0.4 is 11.3 Å². The van der Waals surface area contributed by atoms with Crippen molar-refractivity contribution in [2.45, 2.75) is 58.4 Å². The van der Waals surface area contributed by atoms with Crippen molar-refractivity contribution in [1.82, 2.24) is 5.43 Å². The molecule has 0 amide bonds. The molecule has 1 aliphatic carbocycles. The molecule has 1 fully saturated rings. The summed E-state index contributed by atoms with van der Waals surface area (Å²) in [5, 5.41) is 0. The van der Waals surface area contributed by atoms with Gasteiger partial charge < -0.3 is 0 Å². The van der Waals surface area contributed by atoms with Crippen molar-refractivity contribution in [3.63, 3.8) is 0 Å². The first-order valence-electron chi connectivity index (χ1n) is 7.87. The molecule has 21 heavy (non-hydrogen) atoms. The first-order valence-corrected chi connectivity index (χ1v) is 7.87. The molecule has 0 aromatic heterocycles. The number of nitrogens with one attached hydrogen (secondary N) is 1. The van der Waals surface area contributed by atoms with Gasteiger partial charge in [-0.25, -0.2) is 8.78 Å². The number of hydrogen-bond donors (Lipinski definition) is 2. The van der Waals surface area contributed by atoms with E-state index in [9.17, 15) is 8.78 Å². The lowest BCUT2D eigenvalue weighted by Crippen LogP contribution is -2.49. The second-order valence-corrected chi connectivity index (χ2v) is 6.79. The monoisotopic (exact) mass is 296 g/mol. The lowest BCUT2D eigenvalue weighted by Gasteiger charge is -2.39. The first-order chi connectivity index (χ1) is 9.98. The van der Waals surface area contributed by atoms with Gasteiger partial charge in [0.15, 0.2) is 0 Å². The Bertz CT molecular complexity index is 448. The van der Waals surface area contributed by atoms with Crippen LogP contribution in [0.15, 0.2) is 18.2 Å². The largest absolute Gasteiger partial charge is 0.271 e. The fourth-order valence-corrected chi connectivity index (χ4v) is 3.97. The fourth-order valence-electron chi connectivity index (χ4n) is 3.97. The van der Waals surface area contributed by atoms with Gasteiger partial charge in [0.05, 0.1) is 0 Å². The summed E-state index contributed by atoms with van der Waals surface area (Å²) in [6.45, 7) is 4.38. The number of benzene rings is 1. The van der Waals surface area contributed by atoms with Gasteiger partial charge in [-0.3, -0.25) is 11.3 Å². The topological polar surface area (TPSA) is 38.0 Å². The summed E-state index contributed by atoms with van der Waals surface area (Å²) in [5.41, 5.74) is 3.06. The maximum Gasteiger partial charge on any atom is 0.129 e. The van der Waals surface area contributed by atoms with Crippen LogP contribution in [0.4, 0.5) is 8.78 Å². The van der Waals surface area contributed by atoms with Gasteiger partial charge in [0.1, 0.15) is 11.6 Å². The molecule has 4 heteroatoms. The highest BCUT2D eigenvalue weighted by atomic mass is 19.1. The van der Waals surface area contributed by atoms with Gasteiger partial charge in [-0.15, -0.1) is 0 Å². The standard InChI is InChI=1S/C17H26F2N2/c1-12(2)11-17(8-3-4-9-17)16(21-20)10-13-14(18)6-5-7-15(13)19/h5-7,12,16,21H,3-4,8-11,20H2,1-2H3. The molecule has 1 aromatic rings. The molecule has 1 aliphatic rings. The lowest BCUT2D eigenvalue weighted by atomic mass is 9.71. The van der Waals surface area contributed by atoms with Crippen LogP contribution in [0, 0.1) is 23.0 Å². The molecule has 1 aromatic carbocycles. The van der Waals surface area contributed by atoms with Crippen molar-refractivity contribution in [1.29, 1.82) is 0 Å². The number of hydrazine groups is 1. The van der Waals surface area contributed by atoms with Crippen LogP contribution >= 0.6 is 0 Å².